The second-order valence-electron chi connectivity index (χ2n) is 6.81. The summed E-state index contributed by atoms with van der Waals surface area (Å²) in [5.74, 6) is 1.16. The van der Waals surface area contributed by atoms with Crippen LogP contribution in [0.4, 0.5) is 4.79 Å². The number of carbonyl (C=O) groups excluding carboxylic acids is 2. The molecule has 0 unspecified atom stereocenters. The molecule has 0 aromatic heterocycles. The highest BCUT2D eigenvalue weighted by molar-refractivity contribution is 5.80. The fourth-order valence-electron chi connectivity index (χ4n) is 3.36. The molecule has 1 aliphatic heterocycles. The van der Waals surface area contributed by atoms with E-state index in [0.717, 1.165) is 18.4 Å². The van der Waals surface area contributed by atoms with Gasteiger partial charge in [-0.15, -0.1) is 0 Å². The normalized spacial score (nSPS) is 16.8. The molecule has 1 aromatic rings. The molecule has 1 aliphatic rings. The maximum atomic E-state index is 12.9. The predicted octanol–water partition coefficient (Wildman–Crippen LogP) is 2.06. The van der Waals surface area contributed by atoms with Crippen molar-refractivity contribution in [1.29, 1.82) is 0 Å². The number of para-hydroxylation sites is 1. The van der Waals surface area contributed by atoms with E-state index in [1.807, 2.05) is 18.2 Å². The average Bonchev–Trinajstić information content (AvgIpc) is 2.66. The number of benzene rings is 1. The van der Waals surface area contributed by atoms with E-state index < -0.39 is 0 Å². The zero-order chi connectivity index (χ0) is 19.3. The summed E-state index contributed by atoms with van der Waals surface area (Å²) >= 11 is 0. The summed E-state index contributed by atoms with van der Waals surface area (Å²) in [6.07, 6.45) is 1.64. The number of urea groups is 1. The lowest BCUT2D eigenvalue weighted by atomic mass is 9.96. The van der Waals surface area contributed by atoms with Crippen molar-refractivity contribution in [1.82, 2.24) is 14.7 Å². The Morgan fingerprint density at radius 2 is 1.92 bits per heavy atom. The minimum atomic E-state index is -0.172. The van der Waals surface area contributed by atoms with Gasteiger partial charge in [0.25, 0.3) is 0 Å². The van der Waals surface area contributed by atoms with Crippen molar-refractivity contribution in [2.75, 3.05) is 48.5 Å². The molecule has 0 N–H and O–H groups in total. The molecule has 1 fully saturated rings. The highest BCUT2D eigenvalue weighted by atomic mass is 16.5. The standard InChI is InChI=1S/C19H29N3O4/c1-20(2)19(24)22-11-7-9-15(13-22)18(23)21(3)12-14-8-6-10-16(25-4)17(14)26-5/h6,8,10,15H,7,9,11-13H2,1-5H3/t15-/m0/s1. The van der Waals surface area contributed by atoms with Crippen LogP contribution in [0.2, 0.25) is 0 Å². The highest BCUT2D eigenvalue weighted by Crippen LogP contribution is 2.31. The SMILES string of the molecule is COc1cccc(CN(C)C(=O)[C@H]2CCCN(C(=O)N(C)C)C2)c1OC. The van der Waals surface area contributed by atoms with E-state index in [-0.39, 0.29) is 17.9 Å². The van der Waals surface area contributed by atoms with Crippen molar-refractivity contribution in [3.05, 3.63) is 23.8 Å². The van der Waals surface area contributed by atoms with Crippen LogP contribution in [0.3, 0.4) is 0 Å². The molecule has 0 saturated carbocycles. The van der Waals surface area contributed by atoms with Gasteiger partial charge in [0.15, 0.2) is 11.5 Å². The highest BCUT2D eigenvalue weighted by Gasteiger charge is 2.31. The Morgan fingerprint density at radius 1 is 1.19 bits per heavy atom. The number of likely N-dealkylation sites (tertiary alicyclic amines) is 1. The van der Waals surface area contributed by atoms with Crippen LogP contribution in [0.15, 0.2) is 18.2 Å². The first-order valence-electron chi connectivity index (χ1n) is 8.80. The van der Waals surface area contributed by atoms with E-state index in [1.54, 1.807) is 50.1 Å². The maximum Gasteiger partial charge on any atom is 0.319 e. The Hall–Kier alpha value is -2.44. The largest absolute Gasteiger partial charge is 0.493 e. The first kappa shape index (κ1) is 19.9. The van der Waals surface area contributed by atoms with Gasteiger partial charge in [0, 0.05) is 46.3 Å². The van der Waals surface area contributed by atoms with Crippen molar-refractivity contribution in [2.45, 2.75) is 19.4 Å². The maximum absolute atomic E-state index is 12.9. The number of hydrogen-bond donors (Lipinski definition) is 0. The first-order chi connectivity index (χ1) is 12.4. The van der Waals surface area contributed by atoms with Crippen molar-refractivity contribution in [3.63, 3.8) is 0 Å². The molecule has 3 amide bonds. The number of piperidine rings is 1. The Balaban J connectivity index is 2.07. The zero-order valence-electron chi connectivity index (χ0n) is 16.3. The minimum Gasteiger partial charge on any atom is -0.493 e. The summed E-state index contributed by atoms with van der Waals surface area (Å²) in [4.78, 5) is 30.1. The summed E-state index contributed by atoms with van der Waals surface area (Å²) in [7, 11) is 8.43. The molecular formula is C19H29N3O4. The smallest absolute Gasteiger partial charge is 0.319 e. The third kappa shape index (κ3) is 4.39. The molecule has 7 heteroatoms. The van der Waals surface area contributed by atoms with Crippen molar-refractivity contribution >= 4 is 11.9 Å². The first-order valence-corrected chi connectivity index (χ1v) is 8.80. The number of hydrogen-bond acceptors (Lipinski definition) is 4. The molecule has 1 atom stereocenters. The van der Waals surface area contributed by atoms with E-state index in [2.05, 4.69) is 0 Å². The van der Waals surface area contributed by atoms with Gasteiger partial charge in [-0.2, -0.15) is 0 Å². The number of amides is 3. The molecule has 0 radical (unpaired) electrons. The fourth-order valence-corrected chi connectivity index (χ4v) is 3.36. The van der Waals surface area contributed by atoms with Crippen LogP contribution in [0.5, 0.6) is 11.5 Å². The number of carbonyl (C=O) groups is 2. The van der Waals surface area contributed by atoms with E-state index in [4.69, 9.17) is 9.47 Å². The van der Waals surface area contributed by atoms with Gasteiger partial charge in [-0.05, 0) is 18.9 Å². The Morgan fingerprint density at radius 3 is 2.54 bits per heavy atom. The number of ether oxygens (including phenoxy) is 2. The van der Waals surface area contributed by atoms with Crippen molar-refractivity contribution < 1.29 is 19.1 Å². The summed E-state index contributed by atoms with van der Waals surface area (Å²) in [6.45, 7) is 1.60. The molecule has 7 nitrogen and oxygen atoms in total. The van der Waals surface area contributed by atoms with Crippen LogP contribution in [0.25, 0.3) is 0 Å². The minimum absolute atomic E-state index is 0.0420. The van der Waals surface area contributed by atoms with Crippen molar-refractivity contribution in [2.24, 2.45) is 5.92 Å². The van der Waals surface area contributed by atoms with Gasteiger partial charge in [-0.1, -0.05) is 12.1 Å². The van der Waals surface area contributed by atoms with Crippen LogP contribution in [0, 0.1) is 5.92 Å². The molecule has 1 heterocycles. The second kappa shape index (κ2) is 8.78. The zero-order valence-corrected chi connectivity index (χ0v) is 16.3. The number of methoxy groups -OCH3 is 2. The van der Waals surface area contributed by atoms with Gasteiger partial charge >= 0.3 is 6.03 Å². The third-order valence-electron chi connectivity index (χ3n) is 4.69. The van der Waals surface area contributed by atoms with Gasteiger partial charge in [0.1, 0.15) is 0 Å². The van der Waals surface area contributed by atoms with Crippen LogP contribution in [0.1, 0.15) is 18.4 Å². The average molecular weight is 363 g/mol. The fraction of sp³-hybridized carbons (Fsp3) is 0.579. The third-order valence-corrected chi connectivity index (χ3v) is 4.69. The monoisotopic (exact) mass is 363 g/mol. The van der Waals surface area contributed by atoms with Crippen molar-refractivity contribution in [3.8, 4) is 11.5 Å². The summed E-state index contributed by atoms with van der Waals surface area (Å²) < 4.78 is 10.8. The number of rotatable bonds is 5. The van der Waals surface area contributed by atoms with E-state index in [9.17, 15) is 9.59 Å². The van der Waals surface area contributed by atoms with Gasteiger partial charge in [-0.25, -0.2) is 4.79 Å². The Labute approximate surface area is 155 Å². The quantitative estimate of drug-likeness (QED) is 0.803. The van der Waals surface area contributed by atoms with Gasteiger partial charge in [0.05, 0.1) is 20.1 Å². The van der Waals surface area contributed by atoms with E-state index >= 15 is 0 Å². The van der Waals surface area contributed by atoms with Crippen LogP contribution >= 0.6 is 0 Å². The van der Waals surface area contributed by atoms with E-state index in [1.165, 1.54) is 0 Å². The summed E-state index contributed by atoms with van der Waals surface area (Å²) in [6, 6.07) is 5.59. The summed E-state index contributed by atoms with van der Waals surface area (Å²) in [5.41, 5.74) is 0.889. The van der Waals surface area contributed by atoms with Gasteiger partial charge in [0.2, 0.25) is 5.91 Å². The van der Waals surface area contributed by atoms with Crippen LogP contribution < -0.4 is 9.47 Å². The topological polar surface area (TPSA) is 62.3 Å². The molecule has 144 valence electrons. The lowest BCUT2D eigenvalue weighted by molar-refractivity contribution is -0.136. The molecule has 0 aliphatic carbocycles. The van der Waals surface area contributed by atoms with Gasteiger partial charge < -0.3 is 24.2 Å². The van der Waals surface area contributed by atoms with E-state index in [0.29, 0.717) is 31.1 Å². The second-order valence-corrected chi connectivity index (χ2v) is 6.81. The van der Waals surface area contributed by atoms with Crippen LogP contribution in [-0.2, 0) is 11.3 Å². The summed E-state index contributed by atoms with van der Waals surface area (Å²) in [5, 5.41) is 0. The Kier molecular flexibility index (Phi) is 6.71. The lowest BCUT2D eigenvalue weighted by Crippen LogP contribution is -2.48. The molecule has 1 saturated heterocycles. The van der Waals surface area contributed by atoms with Gasteiger partial charge in [-0.3, -0.25) is 4.79 Å². The predicted molar refractivity (Wildman–Crippen MR) is 99.4 cm³/mol. The Bertz CT molecular complexity index is 648. The molecule has 26 heavy (non-hydrogen) atoms. The molecule has 2 rings (SSSR count). The van der Waals surface area contributed by atoms with Crippen LogP contribution in [-0.4, -0.2) is 75.1 Å². The molecule has 0 bridgehead atoms. The number of nitrogens with zero attached hydrogens (tertiary/aromatic N) is 3. The molecule has 0 spiro atoms. The molecular weight excluding hydrogens is 334 g/mol. The molecule has 1 aromatic carbocycles. The lowest BCUT2D eigenvalue weighted by Gasteiger charge is -2.35.